The molecule has 0 aliphatic heterocycles. The first-order valence-corrected chi connectivity index (χ1v) is 7.28. The summed E-state index contributed by atoms with van der Waals surface area (Å²) in [6.07, 6.45) is -0.971. The molecule has 120 valence electrons. The number of hydrogen-bond acceptors (Lipinski definition) is 7. The number of benzene rings is 2. The van der Waals surface area contributed by atoms with Gasteiger partial charge >= 0.3 is 6.01 Å². The van der Waals surface area contributed by atoms with Crippen molar-refractivity contribution < 1.29 is 9.52 Å². The molecule has 0 fully saturated rings. The van der Waals surface area contributed by atoms with Gasteiger partial charge in [-0.05, 0) is 23.8 Å². The summed E-state index contributed by atoms with van der Waals surface area (Å²) >= 11 is 0. The maximum Gasteiger partial charge on any atom is 0.320 e. The van der Waals surface area contributed by atoms with Crippen LogP contribution in [0.15, 0.2) is 52.9 Å². The SMILES string of the molecule is Nc1n[nH]c2ccc(Nc3nnc(C(O)c4ccccc4)o3)cc12. The Hall–Kier alpha value is -3.39. The number of aliphatic hydroxyl groups is 1. The highest BCUT2D eigenvalue weighted by molar-refractivity contribution is 5.91. The Morgan fingerprint density at radius 1 is 1.12 bits per heavy atom. The number of nitrogen functional groups attached to an aromatic ring is 1. The molecule has 8 heteroatoms. The number of nitrogens with one attached hydrogen (secondary N) is 2. The van der Waals surface area contributed by atoms with Crippen LogP contribution >= 0.6 is 0 Å². The molecular weight excluding hydrogens is 308 g/mol. The lowest BCUT2D eigenvalue weighted by atomic mass is 10.1. The van der Waals surface area contributed by atoms with Crippen molar-refractivity contribution in [2.45, 2.75) is 6.10 Å². The summed E-state index contributed by atoms with van der Waals surface area (Å²) in [6.45, 7) is 0. The summed E-state index contributed by atoms with van der Waals surface area (Å²) in [5.74, 6) is 0.534. The fraction of sp³-hybridized carbons (Fsp3) is 0.0625. The molecule has 4 rings (SSSR count). The van der Waals surface area contributed by atoms with E-state index in [1.807, 2.05) is 36.4 Å². The van der Waals surface area contributed by atoms with E-state index in [2.05, 4.69) is 25.7 Å². The summed E-state index contributed by atoms with van der Waals surface area (Å²) in [7, 11) is 0. The minimum Gasteiger partial charge on any atom is -0.405 e. The average molecular weight is 322 g/mol. The summed E-state index contributed by atoms with van der Waals surface area (Å²) < 4.78 is 5.49. The van der Waals surface area contributed by atoms with Crippen LogP contribution in [0.5, 0.6) is 0 Å². The van der Waals surface area contributed by atoms with Crippen LogP contribution in [-0.4, -0.2) is 25.5 Å². The number of nitrogens with two attached hydrogens (primary N) is 1. The van der Waals surface area contributed by atoms with E-state index in [4.69, 9.17) is 10.2 Å². The Bertz CT molecular complexity index is 979. The third-order valence-electron chi connectivity index (χ3n) is 3.63. The minimum absolute atomic E-state index is 0.118. The van der Waals surface area contributed by atoms with Gasteiger partial charge < -0.3 is 20.6 Å². The minimum atomic E-state index is -0.971. The fourth-order valence-corrected chi connectivity index (χ4v) is 2.41. The largest absolute Gasteiger partial charge is 0.405 e. The third-order valence-corrected chi connectivity index (χ3v) is 3.63. The van der Waals surface area contributed by atoms with E-state index in [1.165, 1.54) is 0 Å². The number of aliphatic hydroxyl groups excluding tert-OH is 1. The van der Waals surface area contributed by atoms with Gasteiger partial charge in [0.2, 0.25) is 0 Å². The Morgan fingerprint density at radius 3 is 2.79 bits per heavy atom. The molecule has 2 aromatic heterocycles. The standard InChI is InChI=1S/C16H14N6O2/c17-14-11-8-10(6-7-12(11)19-20-14)18-16-22-21-15(24-16)13(23)9-4-2-1-3-5-9/h1-8,13,23H,(H,18,22)(H3,17,19,20). The molecular formula is C16H14N6O2. The van der Waals surface area contributed by atoms with Crippen molar-refractivity contribution in [1.82, 2.24) is 20.4 Å². The van der Waals surface area contributed by atoms with Gasteiger partial charge in [0.25, 0.3) is 5.89 Å². The lowest BCUT2D eigenvalue weighted by Crippen LogP contribution is -1.99. The van der Waals surface area contributed by atoms with Crippen molar-refractivity contribution in [3.8, 4) is 0 Å². The Balaban J connectivity index is 1.57. The van der Waals surface area contributed by atoms with Crippen LogP contribution in [0.1, 0.15) is 17.6 Å². The normalized spacial score (nSPS) is 12.4. The van der Waals surface area contributed by atoms with E-state index in [0.717, 1.165) is 16.6 Å². The molecule has 0 spiro atoms. The highest BCUT2D eigenvalue weighted by atomic mass is 16.4. The van der Waals surface area contributed by atoms with Crippen LogP contribution in [-0.2, 0) is 0 Å². The zero-order valence-electron chi connectivity index (χ0n) is 12.5. The lowest BCUT2D eigenvalue weighted by molar-refractivity contribution is 0.184. The summed E-state index contributed by atoms with van der Waals surface area (Å²) in [5, 5.41) is 28.6. The van der Waals surface area contributed by atoms with Gasteiger partial charge in [0.05, 0.1) is 5.52 Å². The van der Waals surface area contributed by atoms with E-state index in [1.54, 1.807) is 12.1 Å². The predicted molar refractivity (Wildman–Crippen MR) is 88.6 cm³/mol. The van der Waals surface area contributed by atoms with Crippen LogP contribution in [0.4, 0.5) is 17.5 Å². The quantitative estimate of drug-likeness (QED) is 0.454. The molecule has 24 heavy (non-hydrogen) atoms. The van der Waals surface area contributed by atoms with E-state index in [0.29, 0.717) is 11.4 Å². The van der Waals surface area contributed by atoms with Gasteiger partial charge in [0.1, 0.15) is 0 Å². The van der Waals surface area contributed by atoms with E-state index >= 15 is 0 Å². The second-order valence-electron chi connectivity index (χ2n) is 5.25. The highest BCUT2D eigenvalue weighted by Crippen LogP contribution is 2.26. The molecule has 8 nitrogen and oxygen atoms in total. The van der Waals surface area contributed by atoms with Crippen molar-refractivity contribution in [3.63, 3.8) is 0 Å². The second kappa shape index (κ2) is 5.67. The van der Waals surface area contributed by atoms with Crippen molar-refractivity contribution in [1.29, 1.82) is 0 Å². The maximum absolute atomic E-state index is 10.3. The second-order valence-corrected chi connectivity index (χ2v) is 5.25. The monoisotopic (exact) mass is 322 g/mol. The first-order chi connectivity index (χ1) is 11.7. The summed E-state index contributed by atoms with van der Waals surface area (Å²) in [4.78, 5) is 0. The van der Waals surface area contributed by atoms with Gasteiger partial charge in [-0.2, -0.15) is 5.10 Å². The van der Waals surface area contributed by atoms with E-state index < -0.39 is 6.10 Å². The molecule has 0 saturated carbocycles. The zero-order chi connectivity index (χ0) is 16.5. The average Bonchev–Trinajstić information content (AvgIpc) is 3.22. The van der Waals surface area contributed by atoms with E-state index in [9.17, 15) is 5.11 Å². The van der Waals surface area contributed by atoms with Gasteiger partial charge in [-0.15, -0.1) is 5.10 Å². The summed E-state index contributed by atoms with van der Waals surface area (Å²) in [5.41, 5.74) is 8.03. The maximum atomic E-state index is 10.3. The van der Waals surface area contributed by atoms with Gasteiger partial charge in [-0.3, -0.25) is 5.10 Å². The third kappa shape index (κ3) is 2.55. The molecule has 0 amide bonds. The van der Waals surface area contributed by atoms with Crippen LogP contribution in [0.3, 0.4) is 0 Å². The van der Waals surface area contributed by atoms with Crippen molar-refractivity contribution in [2.24, 2.45) is 0 Å². The fourth-order valence-electron chi connectivity index (χ4n) is 2.41. The molecule has 0 aliphatic rings. The molecule has 2 aromatic carbocycles. The number of fused-ring (bicyclic) bond motifs is 1. The van der Waals surface area contributed by atoms with Crippen molar-refractivity contribution >= 4 is 28.4 Å². The smallest absolute Gasteiger partial charge is 0.320 e. The molecule has 5 N–H and O–H groups in total. The first kappa shape index (κ1) is 14.2. The van der Waals surface area contributed by atoms with Gasteiger partial charge in [-0.1, -0.05) is 35.4 Å². The molecule has 0 saturated heterocycles. The number of nitrogens with zero attached hydrogens (tertiary/aromatic N) is 3. The van der Waals surface area contributed by atoms with Crippen LogP contribution < -0.4 is 11.1 Å². The number of anilines is 3. The molecule has 0 bridgehead atoms. The number of H-pyrrole nitrogens is 1. The zero-order valence-corrected chi connectivity index (χ0v) is 12.5. The topological polar surface area (TPSA) is 126 Å². The number of aromatic amines is 1. The van der Waals surface area contributed by atoms with Gasteiger partial charge in [0.15, 0.2) is 11.9 Å². The Labute approximate surface area is 136 Å². The van der Waals surface area contributed by atoms with Crippen LogP contribution in [0.25, 0.3) is 10.9 Å². The predicted octanol–water partition coefficient (Wildman–Crippen LogP) is 2.35. The van der Waals surface area contributed by atoms with Crippen LogP contribution in [0.2, 0.25) is 0 Å². The van der Waals surface area contributed by atoms with Crippen molar-refractivity contribution in [2.75, 3.05) is 11.1 Å². The van der Waals surface area contributed by atoms with Gasteiger partial charge in [-0.25, -0.2) is 0 Å². The number of rotatable bonds is 4. The molecule has 1 atom stereocenters. The number of hydrogen-bond donors (Lipinski definition) is 4. The highest BCUT2D eigenvalue weighted by Gasteiger charge is 2.17. The Kier molecular flexibility index (Phi) is 3.36. The molecule has 2 heterocycles. The van der Waals surface area contributed by atoms with Gasteiger partial charge in [0, 0.05) is 11.1 Å². The molecule has 4 aromatic rings. The van der Waals surface area contributed by atoms with E-state index in [-0.39, 0.29) is 11.9 Å². The van der Waals surface area contributed by atoms with Crippen molar-refractivity contribution in [3.05, 3.63) is 60.0 Å². The number of aromatic nitrogens is 4. The summed E-state index contributed by atoms with van der Waals surface area (Å²) in [6, 6.07) is 14.8. The lowest BCUT2D eigenvalue weighted by Gasteiger charge is -2.05. The Morgan fingerprint density at radius 2 is 1.96 bits per heavy atom. The molecule has 0 radical (unpaired) electrons. The first-order valence-electron chi connectivity index (χ1n) is 7.28. The molecule has 0 aliphatic carbocycles. The van der Waals surface area contributed by atoms with Crippen LogP contribution in [0, 0.1) is 0 Å². The molecule has 1 unspecified atom stereocenters.